The minimum absolute atomic E-state index is 0. The SMILES string of the molecule is Cl.c1cn2c(n1)CCNCC2. The van der Waals surface area contributed by atoms with Gasteiger partial charge in [0.25, 0.3) is 0 Å². The average Bonchev–Trinajstić information content (AvgIpc) is 2.28. The van der Waals surface area contributed by atoms with Crippen molar-refractivity contribution < 1.29 is 0 Å². The van der Waals surface area contributed by atoms with Gasteiger partial charge in [0, 0.05) is 38.4 Å². The highest BCUT2D eigenvalue weighted by Gasteiger charge is 2.04. The monoisotopic (exact) mass is 173 g/mol. The number of hydrogen-bond donors (Lipinski definition) is 1. The summed E-state index contributed by atoms with van der Waals surface area (Å²) in [7, 11) is 0. The zero-order valence-corrected chi connectivity index (χ0v) is 7.10. The first-order chi connectivity index (χ1) is 4.97. The van der Waals surface area contributed by atoms with Crippen LogP contribution in [0.15, 0.2) is 12.4 Å². The van der Waals surface area contributed by atoms with Crippen LogP contribution in [0.25, 0.3) is 0 Å². The number of hydrogen-bond acceptors (Lipinski definition) is 2. The summed E-state index contributed by atoms with van der Waals surface area (Å²) in [6, 6.07) is 0. The van der Waals surface area contributed by atoms with Crippen LogP contribution in [0.2, 0.25) is 0 Å². The van der Waals surface area contributed by atoms with Gasteiger partial charge in [0.1, 0.15) is 5.82 Å². The highest BCUT2D eigenvalue weighted by Crippen LogP contribution is 1.99. The molecule has 0 atom stereocenters. The zero-order valence-electron chi connectivity index (χ0n) is 6.29. The molecular weight excluding hydrogens is 162 g/mol. The van der Waals surface area contributed by atoms with Gasteiger partial charge in [0.15, 0.2) is 0 Å². The molecule has 0 saturated carbocycles. The van der Waals surface area contributed by atoms with E-state index in [9.17, 15) is 0 Å². The molecule has 0 amide bonds. The van der Waals surface area contributed by atoms with E-state index in [1.54, 1.807) is 0 Å². The van der Waals surface area contributed by atoms with Crippen LogP contribution in [-0.2, 0) is 13.0 Å². The molecule has 0 radical (unpaired) electrons. The van der Waals surface area contributed by atoms with E-state index in [1.807, 2.05) is 12.4 Å². The minimum atomic E-state index is 0. The van der Waals surface area contributed by atoms with Crippen LogP contribution in [0.3, 0.4) is 0 Å². The van der Waals surface area contributed by atoms with Gasteiger partial charge in [-0.25, -0.2) is 4.98 Å². The van der Waals surface area contributed by atoms with E-state index in [0.717, 1.165) is 26.1 Å². The normalized spacial score (nSPS) is 16.4. The van der Waals surface area contributed by atoms with E-state index < -0.39 is 0 Å². The molecule has 1 aromatic heterocycles. The lowest BCUT2D eigenvalue weighted by Crippen LogP contribution is -2.17. The Kier molecular flexibility index (Phi) is 2.91. The molecule has 11 heavy (non-hydrogen) atoms. The highest BCUT2D eigenvalue weighted by atomic mass is 35.5. The highest BCUT2D eigenvalue weighted by molar-refractivity contribution is 5.85. The van der Waals surface area contributed by atoms with Crippen molar-refractivity contribution in [3.63, 3.8) is 0 Å². The predicted octanol–water partition coefficient (Wildman–Crippen LogP) is 0.451. The Morgan fingerprint density at radius 1 is 1.45 bits per heavy atom. The van der Waals surface area contributed by atoms with Crippen molar-refractivity contribution in [2.75, 3.05) is 13.1 Å². The van der Waals surface area contributed by atoms with Crippen LogP contribution in [0, 0.1) is 0 Å². The molecule has 62 valence electrons. The Balaban J connectivity index is 0.000000605. The van der Waals surface area contributed by atoms with E-state index in [0.29, 0.717) is 0 Å². The average molecular weight is 174 g/mol. The van der Waals surface area contributed by atoms with Crippen LogP contribution in [-0.4, -0.2) is 22.6 Å². The number of aromatic nitrogens is 2. The first-order valence-electron chi connectivity index (χ1n) is 3.67. The third-order valence-electron chi connectivity index (χ3n) is 1.86. The largest absolute Gasteiger partial charge is 0.334 e. The summed E-state index contributed by atoms with van der Waals surface area (Å²) in [6.07, 6.45) is 4.98. The van der Waals surface area contributed by atoms with E-state index in [-0.39, 0.29) is 12.4 Å². The third-order valence-corrected chi connectivity index (χ3v) is 1.86. The predicted molar refractivity (Wildman–Crippen MR) is 46.0 cm³/mol. The Hall–Kier alpha value is -0.540. The molecule has 0 saturated heterocycles. The van der Waals surface area contributed by atoms with Crippen molar-refractivity contribution in [1.82, 2.24) is 14.9 Å². The van der Waals surface area contributed by atoms with Crippen LogP contribution in [0.5, 0.6) is 0 Å². The van der Waals surface area contributed by atoms with E-state index in [2.05, 4.69) is 14.9 Å². The number of nitrogens with zero attached hydrogens (tertiary/aromatic N) is 2. The van der Waals surface area contributed by atoms with Crippen molar-refractivity contribution >= 4 is 12.4 Å². The minimum Gasteiger partial charge on any atom is -0.334 e. The molecular formula is C7H12ClN3. The molecule has 1 N–H and O–H groups in total. The van der Waals surface area contributed by atoms with Crippen molar-refractivity contribution in [2.24, 2.45) is 0 Å². The van der Waals surface area contributed by atoms with Gasteiger partial charge in [-0.2, -0.15) is 0 Å². The summed E-state index contributed by atoms with van der Waals surface area (Å²) in [5, 5.41) is 3.32. The summed E-state index contributed by atoms with van der Waals surface area (Å²) in [5.74, 6) is 1.21. The van der Waals surface area contributed by atoms with Crippen LogP contribution < -0.4 is 5.32 Å². The second kappa shape index (κ2) is 3.74. The fourth-order valence-corrected chi connectivity index (χ4v) is 1.30. The number of rotatable bonds is 0. The lowest BCUT2D eigenvalue weighted by atomic mass is 10.4. The molecule has 0 aliphatic carbocycles. The molecule has 4 heteroatoms. The smallest absolute Gasteiger partial charge is 0.109 e. The summed E-state index contributed by atoms with van der Waals surface area (Å²) in [5.41, 5.74) is 0. The molecule has 1 aromatic rings. The van der Waals surface area contributed by atoms with Gasteiger partial charge in [-0.1, -0.05) is 0 Å². The molecule has 0 bridgehead atoms. The molecule has 0 fully saturated rings. The van der Waals surface area contributed by atoms with Crippen LogP contribution >= 0.6 is 12.4 Å². The molecule has 2 rings (SSSR count). The summed E-state index contributed by atoms with van der Waals surface area (Å²) in [6.45, 7) is 3.20. The Bertz CT molecular complexity index is 201. The number of nitrogens with one attached hydrogen (secondary N) is 1. The molecule has 3 nitrogen and oxygen atoms in total. The number of imidazole rings is 1. The van der Waals surface area contributed by atoms with Crippen molar-refractivity contribution in [3.05, 3.63) is 18.2 Å². The standard InChI is InChI=1S/C7H11N3.ClH/c1-2-8-3-5-10-6-4-9-7(1)10;/h4,6,8H,1-3,5H2;1H. The quantitative estimate of drug-likeness (QED) is 0.618. The lowest BCUT2D eigenvalue weighted by molar-refractivity contribution is 0.646. The Morgan fingerprint density at radius 3 is 3.27 bits per heavy atom. The molecule has 0 aromatic carbocycles. The van der Waals surface area contributed by atoms with Crippen molar-refractivity contribution in [2.45, 2.75) is 13.0 Å². The van der Waals surface area contributed by atoms with Crippen LogP contribution in [0.1, 0.15) is 5.82 Å². The van der Waals surface area contributed by atoms with Gasteiger partial charge >= 0.3 is 0 Å². The Morgan fingerprint density at radius 2 is 2.36 bits per heavy atom. The van der Waals surface area contributed by atoms with Crippen molar-refractivity contribution in [1.29, 1.82) is 0 Å². The molecule has 1 aliphatic rings. The fourth-order valence-electron chi connectivity index (χ4n) is 1.30. The van der Waals surface area contributed by atoms with E-state index >= 15 is 0 Å². The summed E-state index contributed by atoms with van der Waals surface area (Å²) >= 11 is 0. The zero-order chi connectivity index (χ0) is 6.81. The first-order valence-corrected chi connectivity index (χ1v) is 3.67. The van der Waals surface area contributed by atoms with Gasteiger partial charge in [0.2, 0.25) is 0 Å². The second-order valence-electron chi connectivity index (χ2n) is 2.54. The maximum atomic E-state index is 4.24. The maximum Gasteiger partial charge on any atom is 0.109 e. The summed E-state index contributed by atoms with van der Waals surface area (Å²) in [4.78, 5) is 4.24. The number of halogens is 1. The van der Waals surface area contributed by atoms with Crippen LogP contribution in [0.4, 0.5) is 0 Å². The fraction of sp³-hybridized carbons (Fsp3) is 0.571. The van der Waals surface area contributed by atoms with E-state index in [1.165, 1.54) is 5.82 Å². The molecule has 1 aliphatic heterocycles. The lowest BCUT2D eigenvalue weighted by Gasteiger charge is -1.98. The molecule has 2 heterocycles. The topological polar surface area (TPSA) is 29.9 Å². The summed E-state index contributed by atoms with van der Waals surface area (Å²) < 4.78 is 2.21. The van der Waals surface area contributed by atoms with Gasteiger partial charge in [-0.05, 0) is 0 Å². The molecule has 0 unspecified atom stereocenters. The van der Waals surface area contributed by atoms with Gasteiger partial charge in [0.05, 0.1) is 0 Å². The third kappa shape index (κ3) is 1.73. The molecule has 0 spiro atoms. The Labute approximate surface area is 72.2 Å². The second-order valence-corrected chi connectivity index (χ2v) is 2.54. The van der Waals surface area contributed by atoms with E-state index in [4.69, 9.17) is 0 Å². The maximum absolute atomic E-state index is 4.24. The first kappa shape index (κ1) is 8.56. The number of fused-ring (bicyclic) bond motifs is 1. The van der Waals surface area contributed by atoms with Gasteiger partial charge in [-0.3, -0.25) is 0 Å². The van der Waals surface area contributed by atoms with Crippen molar-refractivity contribution in [3.8, 4) is 0 Å². The van der Waals surface area contributed by atoms with Gasteiger partial charge < -0.3 is 9.88 Å². The van der Waals surface area contributed by atoms with Gasteiger partial charge in [-0.15, -0.1) is 12.4 Å².